The molecule has 0 saturated carbocycles. The predicted molar refractivity (Wildman–Crippen MR) is 61.8 cm³/mol. The van der Waals surface area contributed by atoms with Crippen molar-refractivity contribution in [2.45, 2.75) is 6.92 Å². The van der Waals surface area contributed by atoms with Gasteiger partial charge >= 0.3 is 0 Å². The SMILES string of the molecule is CCOc1cc(N)cc2cc(N)sc12. The van der Waals surface area contributed by atoms with E-state index in [1.165, 1.54) is 11.3 Å². The van der Waals surface area contributed by atoms with Gasteiger partial charge in [-0.15, -0.1) is 11.3 Å². The van der Waals surface area contributed by atoms with Crippen LogP contribution in [0.1, 0.15) is 6.92 Å². The van der Waals surface area contributed by atoms with Gasteiger partial charge in [-0.2, -0.15) is 0 Å². The molecule has 0 aliphatic heterocycles. The van der Waals surface area contributed by atoms with Gasteiger partial charge in [-0.25, -0.2) is 0 Å². The smallest absolute Gasteiger partial charge is 0.139 e. The molecular weight excluding hydrogens is 196 g/mol. The zero-order valence-electron chi connectivity index (χ0n) is 7.91. The third kappa shape index (κ3) is 1.48. The minimum atomic E-state index is 0.635. The fourth-order valence-corrected chi connectivity index (χ4v) is 2.30. The Balaban J connectivity index is 2.66. The van der Waals surface area contributed by atoms with Crippen LogP contribution in [0, 0.1) is 0 Å². The van der Waals surface area contributed by atoms with Gasteiger partial charge in [-0.3, -0.25) is 0 Å². The van der Waals surface area contributed by atoms with Crippen LogP contribution in [0.2, 0.25) is 0 Å². The van der Waals surface area contributed by atoms with Gasteiger partial charge in [0, 0.05) is 17.1 Å². The van der Waals surface area contributed by atoms with Gasteiger partial charge in [0.2, 0.25) is 0 Å². The first-order valence-electron chi connectivity index (χ1n) is 4.42. The Morgan fingerprint density at radius 1 is 1.29 bits per heavy atom. The number of thiophene rings is 1. The molecular formula is C10H12N2OS. The van der Waals surface area contributed by atoms with E-state index in [4.69, 9.17) is 16.2 Å². The molecule has 1 aromatic heterocycles. The fraction of sp³-hybridized carbons (Fsp3) is 0.200. The second kappa shape index (κ2) is 3.38. The van der Waals surface area contributed by atoms with Gasteiger partial charge in [0.1, 0.15) is 5.75 Å². The molecule has 4 heteroatoms. The molecule has 0 amide bonds. The summed E-state index contributed by atoms with van der Waals surface area (Å²) in [4.78, 5) is 0. The number of ether oxygens (including phenoxy) is 1. The van der Waals surface area contributed by atoms with Gasteiger partial charge in [-0.05, 0) is 19.1 Å². The summed E-state index contributed by atoms with van der Waals surface area (Å²) >= 11 is 1.52. The summed E-state index contributed by atoms with van der Waals surface area (Å²) in [5.41, 5.74) is 12.2. The molecule has 2 rings (SSSR count). The maximum atomic E-state index is 5.75. The highest BCUT2D eigenvalue weighted by Crippen LogP contribution is 2.36. The Morgan fingerprint density at radius 2 is 2.07 bits per heavy atom. The van der Waals surface area contributed by atoms with Crippen LogP contribution >= 0.6 is 11.3 Å². The van der Waals surface area contributed by atoms with Crippen molar-refractivity contribution < 1.29 is 4.74 Å². The topological polar surface area (TPSA) is 61.3 Å². The van der Waals surface area contributed by atoms with Crippen LogP contribution in [0.4, 0.5) is 10.7 Å². The molecule has 14 heavy (non-hydrogen) atoms. The van der Waals surface area contributed by atoms with Gasteiger partial charge < -0.3 is 16.2 Å². The number of benzene rings is 1. The molecule has 0 aliphatic rings. The number of fused-ring (bicyclic) bond motifs is 1. The maximum absolute atomic E-state index is 5.75. The predicted octanol–water partition coefficient (Wildman–Crippen LogP) is 2.46. The molecule has 0 atom stereocenters. The van der Waals surface area contributed by atoms with Crippen molar-refractivity contribution >= 4 is 32.1 Å². The highest BCUT2D eigenvalue weighted by atomic mass is 32.1. The molecule has 74 valence electrons. The second-order valence-corrected chi connectivity index (χ2v) is 4.10. The zero-order valence-corrected chi connectivity index (χ0v) is 8.73. The molecule has 0 bridgehead atoms. The average Bonchev–Trinajstić information content (AvgIpc) is 2.45. The van der Waals surface area contributed by atoms with E-state index in [1.54, 1.807) is 0 Å². The summed E-state index contributed by atoms with van der Waals surface area (Å²) in [5, 5.41) is 1.84. The van der Waals surface area contributed by atoms with Crippen molar-refractivity contribution in [3.63, 3.8) is 0 Å². The lowest BCUT2D eigenvalue weighted by Crippen LogP contribution is -1.93. The van der Waals surface area contributed by atoms with Crippen LogP contribution in [0.25, 0.3) is 10.1 Å². The molecule has 0 saturated heterocycles. The van der Waals surface area contributed by atoms with Gasteiger partial charge in [0.25, 0.3) is 0 Å². The highest BCUT2D eigenvalue weighted by molar-refractivity contribution is 7.23. The monoisotopic (exact) mass is 208 g/mol. The van der Waals surface area contributed by atoms with E-state index in [1.807, 2.05) is 25.1 Å². The molecule has 0 fully saturated rings. The number of rotatable bonds is 2. The lowest BCUT2D eigenvalue weighted by molar-refractivity contribution is 0.345. The summed E-state index contributed by atoms with van der Waals surface area (Å²) in [5.74, 6) is 0.823. The normalized spacial score (nSPS) is 10.6. The van der Waals surface area contributed by atoms with E-state index in [9.17, 15) is 0 Å². The molecule has 1 heterocycles. The van der Waals surface area contributed by atoms with Crippen molar-refractivity contribution in [2.75, 3.05) is 18.1 Å². The van der Waals surface area contributed by atoms with E-state index >= 15 is 0 Å². The van der Waals surface area contributed by atoms with Crippen LogP contribution in [0.5, 0.6) is 5.75 Å². The first kappa shape index (κ1) is 9.15. The van der Waals surface area contributed by atoms with Gasteiger partial charge in [0.05, 0.1) is 16.3 Å². The van der Waals surface area contributed by atoms with Crippen LogP contribution in [-0.4, -0.2) is 6.61 Å². The van der Waals surface area contributed by atoms with Crippen LogP contribution in [-0.2, 0) is 0 Å². The third-order valence-electron chi connectivity index (χ3n) is 1.92. The first-order chi connectivity index (χ1) is 6.70. The summed E-state index contributed by atoms with van der Waals surface area (Å²) in [6.07, 6.45) is 0. The molecule has 2 aromatic rings. The third-order valence-corrected chi connectivity index (χ3v) is 2.92. The molecule has 3 nitrogen and oxygen atoms in total. The summed E-state index contributed by atoms with van der Waals surface area (Å²) in [7, 11) is 0. The van der Waals surface area contributed by atoms with Gasteiger partial charge in [0.15, 0.2) is 0 Å². The van der Waals surface area contributed by atoms with Crippen molar-refractivity contribution in [3.8, 4) is 5.75 Å². The lowest BCUT2D eigenvalue weighted by Gasteiger charge is -2.05. The zero-order chi connectivity index (χ0) is 10.1. The van der Waals surface area contributed by atoms with Crippen molar-refractivity contribution in [3.05, 3.63) is 18.2 Å². The van der Waals surface area contributed by atoms with E-state index < -0.39 is 0 Å². The summed E-state index contributed by atoms with van der Waals surface area (Å²) in [6.45, 7) is 2.59. The van der Waals surface area contributed by atoms with E-state index in [0.717, 1.165) is 20.8 Å². The second-order valence-electron chi connectivity index (χ2n) is 3.02. The van der Waals surface area contributed by atoms with Crippen molar-refractivity contribution in [1.82, 2.24) is 0 Å². The van der Waals surface area contributed by atoms with Crippen LogP contribution in [0.3, 0.4) is 0 Å². The number of hydrogen-bond donors (Lipinski definition) is 2. The van der Waals surface area contributed by atoms with Gasteiger partial charge in [-0.1, -0.05) is 0 Å². The van der Waals surface area contributed by atoms with Crippen LogP contribution < -0.4 is 16.2 Å². The molecule has 1 aromatic carbocycles. The van der Waals surface area contributed by atoms with E-state index in [0.29, 0.717) is 12.3 Å². The quantitative estimate of drug-likeness (QED) is 0.745. The standard InChI is InChI=1S/C10H12N2OS/c1-2-13-8-5-7(11)3-6-4-9(12)14-10(6)8/h3-5H,2,11-12H2,1H3. The lowest BCUT2D eigenvalue weighted by atomic mass is 10.2. The number of hydrogen-bond acceptors (Lipinski definition) is 4. The van der Waals surface area contributed by atoms with Crippen molar-refractivity contribution in [1.29, 1.82) is 0 Å². The largest absolute Gasteiger partial charge is 0.492 e. The first-order valence-corrected chi connectivity index (χ1v) is 5.23. The van der Waals surface area contributed by atoms with Crippen molar-refractivity contribution in [2.24, 2.45) is 0 Å². The highest BCUT2D eigenvalue weighted by Gasteiger charge is 2.06. The Hall–Kier alpha value is -1.42. The van der Waals surface area contributed by atoms with E-state index in [-0.39, 0.29) is 0 Å². The minimum absolute atomic E-state index is 0.635. The Bertz CT molecular complexity index is 464. The Kier molecular flexibility index (Phi) is 2.21. The number of anilines is 2. The maximum Gasteiger partial charge on any atom is 0.139 e. The Labute approximate surface area is 86.3 Å². The summed E-state index contributed by atoms with van der Waals surface area (Å²) < 4.78 is 6.56. The molecule has 0 aliphatic carbocycles. The minimum Gasteiger partial charge on any atom is -0.492 e. The summed E-state index contributed by atoms with van der Waals surface area (Å²) in [6, 6.07) is 5.66. The molecule has 0 spiro atoms. The average molecular weight is 208 g/mol. The fourth-order valence-electron chi connectivity index (χ4n) is 1.43. The molecule has 0 unspecified atom stereocenters. The molecule has 0 radical (unpaired) electrons. The molecule has 4 N–H and O–H groups in total. The van der Waals surface area contributed by atoms with Crippen LogP contribution in [0.15, 0.2) is 18.2 Å². The number of nitrogen functional groups attached to an aromatic ring is 2. The van der Waals surface area contributed by atoms with E-state index in [2.05, 4.69) is 0 Å². The number of nitrogens with two attached hydrogens (primary N) is 2. The Morgan fingerprint density at radius 3 is 2.79 bits per heavy atom.